The summed E-state index contributed by atoms with van der Waals surface area (Å²) in [6.07, 6.45) is 3.18. The van der Waals surface area contributed by atoms with E-state index in [0.717, 1.165) is 25.9 Å². The van der Waals surface area contributed by atoms with Crippen LogP contribution in [0.15, 0.2) is 0 Å². The lowest BCUT2D eigenvalue weighted by Crippen LogP contribution is -2.27. The molecule has 0 aliphatic carbocycles. The van der Waals surface area contributed by atoms with E-state index in [0.29, 0.717) is 132 Å². The largest absolute Gasteiger partial charge is 0.458 e. The number of hydrogen-bond acceptors (Lipinski definition) is 14. The van der Waals surface area contributed by atoms with E-state index in [1.165, 1.54) is 0 Å². The molecule has 1 atom stereocenters. The molecule has 0 spiro atoms. The van der Waals surface area contributed by atoms with Crippen molar-refractivity contribution in [3.05, 3.63) is 0 Å². The molecule has 0 bridgehead atoms. The highest BCUT2D eigenvalue weighted by Crippen LogP contribution is 2.13. The number of hydrogen-bond donors (Lipinski definition) is 0. The molecule has 1 saturated heterocycles. The summed E-state index contributed by atoms with van der Waals surface area (Å²) >= 11 is 0. The molecule has 0 N–H and O–H groups in total. The predicted octanol–water partition coefficient (Wildman–Crippen LogP) is 2.04. The van der Waals surface area contributed by atoms with Gasteiger partial charge in [0, 0.05) is 6.61 Å². The fraction of sp³-hybridized carbons (Fsp3) is 0.968. The molecule has 0 saturated carbocycles. The van der Waals surface area contributed by atoms with Gasteiger partial charge in [-0.05, 0) is 40.0 Å². The van der Waals surface area contributed by atoms with Crippen molar-refractivity contribution in [1.82, 2.24) is 0 Å². The predicted molar refractivity (Wildman–Crippen MR) is 164 cm³/mol. The minimum absolute atomic E-state index is 0.0690. The summed E-state index contributed by atoms with van der Waals surface area (Å²) in [5, 5.41) is 0. The Morgan fingerprint density at radius 2 is 0.844 bits per heavy atom. The first-order valence-electron chi connectivity index (χ1n) is 16.2. The lowest BCUT2D eigenvalue weighted by atomic mass is 10.2. The second-order valence-electron chi connectivity index (χ2n) is 10.8. The summed E-state index contributed by atoms with van der Waals surface area (Å²) in [6, 6.07) is 0. The Kier molecular flexibility index (Phi) is 29.5. The van der Waals surface area contributed by atoms with Gasteiger partial charge in [0.2, 0.25) is 0 Å². The van der Waals surface area contributed by atoms with Gasteiger partial charge in [-0.2, -0.15) is 0 Å². The second kappa shape index (κ2) is 31.6. The van der Waals surface area contributed by atoms with E-state index in [-0.39, 0.29) is 18.9 Å². The van der Waals surface area contributed by atoms with Crippen LogP contribution in [0.4, 0.5) is 0 Å². The smallest absolute Gasteiger partial charge is 0.332 e. The van der Waals surface area contributed by atoms with Crippen molar-refractivity contribution in [2.75, 3.05) is 145 Å². The fourth-order valence-electron chi connectivity index (χ4n) is 3.59. The van der Waals surface area contributed by atoms with Crippen LogP contribution in [0, 0.1) is 0 Å². The first kappa shape index (κ1) is 42.0. The van der Waals surface area contributed by atoms with Gasteiger partial charge in [-0.15, -0.1) is 0 Å². The van der Waals surface area contributed by atoms with Crippen LogP contribution < -0.4 is 0 Å². The third-order valence-electron chi connectivity index (χ3n) is 5.66. The van der Waals surface area contributed by atoms with Crippen molar-refractivity contribution in [2.45, 2.75) is 51.9 Å². The van der Waals surface area contributed by atoms with Gasteiger partial charge in [-0.25, -0.2) is 4.79 Å². The highest BCUT2D eigenvalue weighted by molar-refractivity contribution is 5.71. The van der Waals surface area contributed by atoms with Crippen molar-refractivity contribution in [3.8, 4) is 0 Å². The van der Waals surface area contributed by atoms with Crippen molar-refractivity contribution >= 4 is 5.97 Å². The summed E-state index contributed by atoms with van der Waals surface area (Å²) < 4.78 is 70.6. The molecule has 268 valence electrons. The molecule has 1 aliphatic heterocycles. The van der Waals surface area contributed by atoms with Gasteiger partial charge in [0.1, 0.15) is 12.2 Å². The zero-order valence-corrected chi connectivity index (χ0v) is 28.0. The van der Waals surface area contributed by atoms with Crippen LogP contribution in [0.2, 0.25) is 0 Å². The molecule has 14 nitrogen and oxygen atoms in total. The van der Waals surface area contributed by atoms with E-state index in [1.807, 2.05) is 20.8 Å². The van der Waals surface area contributed by atoms with Gasteiger partial charge in [0.05, 0.1) is 132 Å². The Balaban J connectivity index is 1.63. The van der Waals surface area contributed by atoms with Crippen molar-refractivity contribution in [3.63, 3.8) is 0 Å². The zero-order chi connectivity index (χ0) is 32.5. The molecule has 1 rings (SSSR count). The van der Waals surface area contributed by atoms with E-state index in [9.17, 15) is 4.79 Å². The third kappa shape index (κ3) is 32.7. The zero-order valence-electron chi connectivity index (χ0n) is 28.0. The maximum atomic E-state index is 11.5. The number of carbonyl (C=O) groups excluding carboxylic acids is 1. The van der Waals surface area contributed by atoms with Crippen LogP contribution >= 0.6 is 0 Å². The Morgan fingerprint density at radius 1 is 0.511 bits per heavy atom. The number of esters is 1. The van der Waals surface area contributed by atoms with Gasteiger partial charge in [0.15, 0.2) is 6.29 Å². The van der Waals surface area contributed by atoms with Gasteiger partial charge < -0.3 is 61.6 Å². The van der Waals surface area contributed by atoms with E-state index in [1.54, 1.807) is 0 Å². The van der Waals surface area contributed by atoms with Crippen LogP contribution in [-0.2, 0) is 66.4 Å². The fourth-order valence-corrected chi connectivity index (χ4v) is 3.59. The topological polar surface area (TPSA) is 137 Å². The van der Waals surface area contributed by atoms with Crippen molar-refractivity contribution in [1.29, 1.82) is 0 Å². The SMILES string of the molecule is CC(C)(C)OC(=O)COCCOCCOCCOCCOCCOCCOCCOCCOCCOCCOC1CCCCO1. The Morgan fingerprint density at radius 3 is 1.16 bits per heavy atom. The molecule has 0 radical (unpaired) electrons. The first-order valence-corrected chi connectivity index (χ1v) is 16.2. The van der Waals surface area contributed by atoms with Gasteiger partial charge in [-0.3, -0.25) is 0 Å². The standard InChI is InChI=1S/C31H60O14/c1-31(2,3)45-29(32)28-42-25-24-40-21-20-38-17-16-36-13-12-34-9-8-33-10-11-35-14-15-37-18-19-39-22-23-41-26-27-44-30-6-4-5-7-43-30/h30H,4-28H2,1-3H3. The average Bonchev–Trinajstić information content (AvgIpc) is 3.01. The maximum absolute atomic E-state index is 11.5. The lowest BCUT2D eigenvalue weighted by molar-refractivity contribution is -0.169. The summed E-state index contributed by atoms with van der Waals surface area (Å²) in [5.41, 5.74) is -0.510. The summed E-state index contributed by atoms with van der Waals surface area (Å²) in [5.74, 6) is -0.386. The van der Waals surface area contributed by atoms with Crippen molar-refractivity contribution < 1.29 is 66.4 Å². The minimum Gasteiger partial charge on any atom is -0.458 e. The molecule has 1 aliphatic rings. The molecule has 0 amide bonds. The maximum Gasteiger partial charge on any atom is 0.332 e. The molecule has 1 unspecified atom stereocenters. The van der Waals surface area contributed by atoms with Crippen LogP contribution in [-0.4, -0.2) is 163 Å². The Bertz CT molecular complexity index is 628. The normalized spacial score (nSPS) is 15.5. The molecule has 1 heterocycles. The molecule has 1 fully saturated rings. The first-order chi connectivity index (χ1) is 22.0. The van der Waals surface area contributed by atoms with Crippen LogP contribution in [0.25, 0.3) is 0 Å². The summed E-state index contributed by atoms with van der Waals surface area (Å²) in [4.78, 5) is 11.5. The number of rotatable bonds is 33. The number of carbonyl (C=O) groups is 1. The van der Waals surface area contributed by atoms with Crippen molar-refractivity contribution in [2.24, 2.45) is 0 Å². The highest BCUT2D eigenvalue weighted by Gasteiger charge is 2.16. The summed E-state index contributed by atoms with van der Waals surface area (Å²) in [7, 11) is 0. The molecule has 14 heteroatoms. The molecule has 0 aromatic rings. The van der Waals surface area contributed by atoms with Gasteiger partial charge in [0.25, 0.3) is 0 Å². The van der Waals surface area contributed by atoms with E-state index < -0.39 is 5.60 Å². The van der Waals surface area contributed by atoms with E-state index >= 15 is 0 Å². The Labute approximate surface area is 269 Å². The molecular weight excluding hydrogens is 596 g/mol. The van der Waals surface area contributed by atoms with Crippen LogP contribution in [0.3, 0.4) is 0 Å². The Hall–Kier alpha value is -1.01. The summed E-state index contributed by atoms with van der Waals surface area (Å²) in [6.45, 7) is 15.9. The molecular formula is C31H60O14. The number of ether oxygens (including phenoxy) is 13. The van der Waals surface area contributed by atoms with Gasteiger partial charge >= 0.3 is 5.97 Å². The average molecular weight is 657 g/mol. The highest BCUT2D eigenvalue weighted by atomic mass is 16.7. The van der Waals surface area contributed by atoms with Gasteiger partial charge in [-0.1, -0.05) is 0 Å². The quantitative estimate of drug-likeness (QED) is 0.0753. The molecule has 0 aromatic carbocycles. The van der Waals surface area contributed by atoms with Crippen LogP contribution in [0.5, 0.6) is 0 Å². The lowest BCUT2D eigenvalue weighted by Gasteiger charge is -2.22. The van der Waals surface area contributed by atoms with Crippen LogP contribution in [0.1, 0.15) is 40.0 Å². The molecule has 45 heavy (non-hydrogen) atoms. The monoisotopic (exact) mass is 656 g/mol. The third-order valence-corrected chi connectivity index (χ3v) is 5.66. The van der Waals surface area contributed by atoms with E-state index in [4.69, 9.17) is 61.6 Å². The molecule has 0 aromatic heterocycles. The van der Waals surface area contributed by atoms with E-state index in [2.05, 4.69) is 0 Å². The minimum atomic E-state index is -0.510. The second-order valence-corrected chi connectivity index (χ2v) is 10.8.